The van der Waals surface area contributed by atoms with Gasteiger partial charge in [-0.25, -0.2) is 18.2 Å². The number of nitrogens with zero attached hydrogens (tertiary/aromatic N) is 1. The van der Waals surface area contributed by atoms with Crippen molar-refractivity contribution in [1.82, 2.24) is 4.98 Å². The molecule has 0 amide bonds. The summed E-state index contributed by atoms with van der Waals surface area (Å²) in [5.74, 6) is -3.57. The van der Waals surface area contributed by atoms with Gasteiger partial charge in [-0.05, 0) is 58.3 Å². The fourth-order valence-electron chi connectivity index (χ4n) is 3.04. The molecule has 0 bridgehead atoms. The largest absolute Gasteiger partial charge is 0.381 e. The fraction of sp³-hybridized carbons (Fsp3) is 0.0476. The Balaban J connectivity index is 1.73. The summed E-state index contributed by atoms with van der Waals surface area (Å²) in [7, 11) is 0. The van der Waals surface area contributed by atoms with E-state index in [1.54, 1.807) is 29.8 Å². The molecular formula is C21H13F3N3OS. The number of nitrogens with two attached hydrogens (primary N) is 1. The van der Waals surface area contributed by atoms with Crippen molar-refractivity contribution in [2.45, 2.75) is 6.42 Å². The fourth-order valence-corrected chi connectivity index (χ4v) is 3.81. The maximum absolute atomic E-state index is 14.8. The van der Waals surface area contributed by atoms with Crippen LogP contribution in [0.15, 0.2) is 48.0 Å². The molecule has 145 valence electrons. The van der Waals surface area contributed by atoms with Crippen LogP contribution < -0.4 is 11.1 Å². The average Bonchev–Trinajstić information content (AvgIpc) is 3.18. The third-order valence-electron chi connectivity index (χ3n) is 4.49. The second kappa shape index (κ2) is 7.56. The third-order valence-corrected chi connectivity index (χ3v) is 5.39. The van der Waals surface area contributed by atoms with Gasteiger partial charge in [0.2, 0.25) is 6.29 Å². The standard InChI is InChI=1S/C21H13F3N3OS/c22-17-13(7-12-3-5-26-21(25)18(12)23)8-14(10-28)20(19(17)24)27-15-1-2-16-11(9-15)4-6-29-16/h1-6,8-9,27H,7H2,(H2,25,26). The summed E-state index contributed by atoms with van der Waals surface area (Å²) in [6.45, 7) is 0. The van der Waals surface area contributed by atoms with Gasteiger partial charge in [0.15, 0.2) is 23.3 Å². The van der Waals surface area contributed by atoms with Crippen LogP contribution in [0, 0.1) is 17.5 Å². The van der Waals surface area contributed by atoms with Crippen molar-refractivity contribution in [2.75, 3.05) is 11.1 Å². The van der Waals surface area contributed by atoms with Gasteiger partial charge in [-0.2, -0.15) is 0 Å². The van der Waals surface area contributed by atoms with Crippen LogP contribution in [0.1, 0.15) is 16.7 Å². The molecule has 4 rings (SSSR count). The lowest BCUT2D eigenvalue weighted by molar-refractivity contribution is 0.502. The van der Waals surface area contributed by atoms with Gasteiger partial charge in [-0.3, -0.25) is 4.79 Å². The second-order valence-electron chi connectivity index (χ2n) is 6.33. The summed E-state index contributed by atoms with van der Waals surface area (Å²) < 4.78 is 44.6. The highest BCUT2D eigenvalue weighted by molar-refractivity contribution is 7.17. The maximum atomic E-state index is 14.8. The Morgan fingerprint density at radius 3 is 2.66 bits per heavy atom. The summed E-state index contributed by atoms with van der Waals surface area (Å²) in [4.78, 5) is 15.0. The van der Waals surface area contributed by atoms with Crippen LogP contribution in [-0.4, -0.2) is 11.3 Å². The van der Waals surface area contributed by atoms with E-state index in [0.717, 1.165) is 16.2 Å². The smallest absolute Gasteiger partial charge is 0.235 e. The summed E-state index contributed by atoms with van der Waals surface area (Å²) in [6.07, 6.45) is 2.59. The Labute approximate surface area is 167 Å². The van der Waals surface area contributed by atoms with Gasteiger partial charge >= 0.3 is 0 Å². The molecule has 0 atom stereocenters. The number of nitrogens with one attached hydrogen (secondary N) is 1. The number of fused-ring (bicyclic) bond motifs is 1. The number of aromatic nitrogens is 1. The SMILES string of the molecule is Nc1nccc(Cc2cc([C]=O)c(Nc3ccc4sccc4c3)c(F)c2F)c1F. The van der Waals surface area contributed by atoms with Crippen LogP contribution in [0.3, 0.4) is 0 Å². The number of thiophene rings is 1. The van der Waals surface area contributed by atoms with E-state index in [4.69, 9.17) is 5.73 Å². The number of rotatable bonds is 5. The molecule has 0 saturated carbocycles. The van der Waals surface area contributed by atoms with Gasteiger partial charge in [0.25, 0.3) is 0 Å². The number of carbonyl (C=O) groups excluding carboxylic acids is 1. The minimum absolute atomic E-state index is 0.0382. The number of hydrogen-bond acceptors (Lipinski definition) is 5. The van der Waals surface area contributed by atoms with Gasteiger partial charge in [0.1, 0.15) is 0 Å². The van der Waals surface area contributed by atoms with Crippen molar-refractivity contribution in [3.63, 3.8) is 0 Å². The molecule has 0 aliphatic carbocycles. The van der Waals surface area contributed by atoms with E-state index in [0.29, 0.717) is 5.69 Å². The summed E-state index contributed by atoms with van der Waals surface area (Å²) in [6, 6.07) is 9.66. The van der Waals surface area contributed by atoms with Crippen LogP contribution in [0.4, 0.5) is 30.4 Å². The van der Waals surface area contributed by atoms with Crippen molar-refractivity contribution in [1.29, 1.82) is 0 Å². The predicted molar refractivity (Wildman–Crippen MR) is 108 cm³/mol. The molecular weight excluding hydrogens is 399 g/mol. The number of nitrogen functional groups attached to an aromatic ring is 1. The number of halogens is 3. The quantitative estimate of drug-likeness (QED) is 0.479. The first-order chi connectivity index (χ1) is 14.0. The van der Waals surface area contributed by atoms with Gasteiger partial charge in [0.05, 0.1) is 11.3 Å². The number of pyridine rings is 1. The molecule has 4 nitrogen and oxygen atoms in total. The van der Waals surface area contributed by atoms with Crippen LogP contribution in [0.5, 0.6) is 0 Å². The monoisotopic (exact) mass is 412 g/mol. The molecule has 0 unspecified atom stereocenters. The lowest BCUT2D eigenvalue weighted by Crippen LogP contribution is -2.07. The van der Waals surface area contributed by atoms with Crippen molar-refractivity contribution >= 4 is 44.9 Å². The predicted octanol–water partition coefficient (Wildman–Crippen LogP) is 5.09. The van der Waals surface area contributed by atoms with E-state index in [-0.39, 0.29) is 34.6 Å². The highest BCUT2D eigenvalue weighted by atomic mass is 32.1. The normalized spacial score (nSPS) is 11.0. The Bertz CT molecular complexity index is 1240. The maximum Gasteiger partial charge on any atom is 0.235 e. The lowest BCUT2D eigenvalue weighted by Gasteiger charge is -2.14. The minimum Gasteiger partial charge on any atom is -0.381 e. The zero-order valence-electron chi connectivity index (χ0n) is 14.8. The van der Waals surface area contributed by atoms with Crippen LogP contribution >= 0.6 is 11.3 Å². The van der Waals surface area contributed by atoms with E-state index in [1.807, 2.05) is 17.5 Å². The molecule has 8 heteroatoms. The molecule has 0 saturated heterocycles. The Morgan fingerprint density at radius 1 is 1.03 bits per heavy atom. The van der Waals surface area contributed by atoms with E-state index in [2.05, 4.69) is 10.3 Å². The average molecular weight is 412 g/mol. The van der Waals surface area contributed by atoms with Crippen LogP contribution in [0.2, 0.25) is 0 Å². The molecule has 4 aromatic rings. The second-order valence-corrected chi connectivity index (χ2v) is 7.28. The molecule has 1 radical (unpaired) electrons. The highest BCUT2D eigenvalue weighted by Crippen LogP contribution is 2.31. The van der Waals surface area contributed by atoms with Gasteiger partial charge in [-0.15, -0.1) is 11.3 Å². The summed E-state index contributed by atoms with van der Waals surface area (Å²) >= 11 is 1.55. The number of anilines is 3. The van der Waals surface area contributed by atoms with E-state index >= 15 is 0 Å². The van der Waals surface area contributed by atoms with Crippen LogP contribution in [0.25, 0.3) is 10.1 Å². The van der Waals surface area contributed by atoms with Crippen molar-refractivity contribution < 1.29 is 18.0 Å². The van der Waals surface area contributed by atoms with E-state index in [9.17, 15) is 18.0 Å². The number of hydrogen-bond donors (Lipinski definition) is 2. The molecule has 0 spiro atoms. The van der Waals surface area contributed by atoms with Crippen molar-refractivity contribution in [3.05, 3.63) is 82.1 Å². The Hall–Kier alpha value is -3.39. The molecule has 0 aliphatic rings. The van der Waals surface area contributed by atoms with Gasteiger partial charge < -0.3 is 11.1 Å². The topological polar surface area (TPSA) is 68.0 Å². The Kier molecular flexibility index (Phi) is 4.94. The first kappa shape index (κ1) is 18.9. The molecule has 0 fully saturated rings. The molecule has 29 heavy (non-hydrogen) atoms. The highest BCUT2D eigenvalue weighted by Gasteiger charge is 2.20. The molecule has 3 N–H and O–H groups in total. The number of benzene rings is 2. The molecule has 0 aliphatic heterocycles. The van der Waals surface area contributed by atoms with E-state index in [1.165, 1.54) is 12.3 Å². The lowest BCUT2D eigenvalue weighted by atomic mass is 10.0. The first-order valence-corrected chi connectivity index (χ1v) is 9.38. The zero-order chi connectivity index (χ0) is 20.5. The van der Waals surface area contributed by atoms with Gasteiger partial charge in [-0.1, -0.05) is 0 Å². The minimum atomic E-state index is -1.24. The molecule has 2 heterocycles. The van der Waals surface area contributed by atoms with Gasteiger partial charge in [0, 0.05) is 23.0 Å². The Morgan fingerprint density at radius 2 is 1.86 bits per heavy atom. The first-order valence-electron chi connectivity index (χ1n) is 8.50. The summed E-state index contributed by atoms with van der Waals surface area (Å²) in [5, 5.41) is 5.60. The third kappa shape index (κ3) is 3.54. The zero-order valence-corrected chi connectivity index (χ0v) is 15.6. The molecule has 2 aromatic carbocycles. The summed E-state index contributed by atoms with van der Waals surface area (Å²) in [5.41, 5.74) is 5.22. The van der Waals surface area contributed by atoms with Crippen LogP contribution in [-0.2, 0) is 11.2 Å². The van der Waals surface area contributed by atoms with Crippen molar-refractivity contribution in [2.24, 2.45) is 0 Å². The van der Waals surface area contributed by atoms with Crippen molar-refractivity contribution in [3.8, 4) is 0 Å². The molecule has 2 aromatic heterocycles. The van der Waals surface area contributed by atoms with E-state index < -0.39 is 17.5 Å².